The lowest BCUT2D eigenvalue weighted by atomic mass is 10.1. The molecule has 7 nitrogen and oxygen atoms in total. The van der Waals surface area contributed by atoms with Gasteiger partial charge < -0.3 is 19.7 Å². The first-order valence-corrected chi connectivity index (χ1v) is 8.45. The van der Waals surface area contributed by atoms with E-state index in [4.69, 9.17) is 9.26 Å². The Hall–Kier alpha value is -2.90. The quantitative estimate of drug-likeness (QED) is 0.765. The van der Waals surface area contributed by atoms with Crippen molar-refractivity contribution in [1.82, 2.24) is 10.5 Å². The molecular formula is C18H19FN2O5. The van der Waals surface area contributed by atoms with Crippen molar-refractivity contribution in [2.24, 2.45) is 0 Å². The summed E-state index contributed by atoms with van der Waals surface area (Å²) in [7, 11) is 0. The Morgan fingerprint density at radius 1 is 1.23 bits per heavy atom. The number of amides is 1. The number of aromatic nitrogens is 1. The molecule has 2 aromatic rings. The van der Waals surface area contributed by atoms with Gasteiger partial charge >= 0.3 is 5.97 Å². The fourth-order valence-corrected chi connectivity index (χ4v) is 2.87. The summed E-state index contributed by atoms with van der Waals surface area (Å²) in [5.74, 6) is -1.27. The van der Waals surface area contributed by atoms with E-state index >= 15 is 0 Å². The number of aliphatic carboxylic acids is 1. The summed E-state index contributed by atoms with van der Waals surface area (Å²) in [5, 5.41) is 15.6. The van der Waals surface area contributed by atoms with Gasteiger partial charge in [0.05, 0.1) is 6.54 Å². The summed E-state index contributed by atoms with van der Waals surface area (Å²) >= 11 is 0. The number of aryl methyl sites for hydroxylation is 1. The van der Waals surface area contributed by atoms with Crippen LogP contribution >= 0.6 is 0 Å². The minimum atomic E-state index is -1.31. The van der Waals surface area contributed by atoms with Crippen LogP contribution in [-0.2, 0) is 17.6 Å². The maximum absolute atomic E-state index is 12.9. The largest absolute Gasteiger partial charge is 0.478 e. The zero-order valence-corrected chi connectivity index (χ0v) is 14.0. The van der Waals surface area contributed by atoms with Gasteiger partial charge in [-0.25, -0.2) is 9.18 Å². The third-order valence-electron chi connectivity index (χ3n) is 4.23. The number of nitrogens with zero attached hydrogens (tertiary/aromatic N) is 1. The van der Waals surface area contributed by atoms with E-state index in [-0.39, 0.29) is 18.0 Å². The second-order valence-electron chi connectivity index (χ2n) is 6.10. The van der Waals surface area contributed by atoms with E-state index in [1.807, 2.05) is 0 Å². The van der Waals surface area contributed by atoms with Crippen LogP contribution in [0.25, 0.3) is 0 Å². The van der Waals surface area contributed by atoms with Crippen LogP contribution in [0.1, 0.15) is 41.1 Å². The number of rotatable bonds is 6. The number of carboxylic acid groups (broad SMARTS) is 1. The van der Waals surface area contributed by atoms with Crippen LogP contribution in [0.2, 0.25) is 0 Å². The molecule has 3 rings (SSSR count). The summed E-state index contributed by atoms with van der Waals surface area (Å²) in [6.07, 6.45) is 3.18. The van der Waals surface area contributed by atoms with Gasteiger partial charge in [0, 0.05) is 12.0 Å². The van der Waals surface area contributed by atoms with Crippen LogP contribution in [0.15, 0.2) is 28.8 Å². The van der Waals surface area contributed by atoms with Gasteiger partial charge in [-0.3, -0.25) is 4.79 Å². The molecule has 1 aliphatic rings. The van der Waals surface area contributed by atoms with Crippen molar-refractivity contribution in [1.29, 1.82) is 0 Å². The third-order valence-corrected chi connectivity index (χ3v) is 4.23. The van der Waals surface area contributed by atoms with Gasteiger partial charge in [0.2, 0.25) is 6.10 Å². The highest BCUT2D eigenvalue weighted by atomic mass is 19.1. The van der Waals surface area contributed by atoms with E-state index in [0.29, 0.717) is 0 Å². The molecule has 1 aromatic heterocycles. The van der Waals surface area contributed by atoms with E-state index in [2.05, 4.69) is 10.5 Å². The molecule has 0 fully saturated rings. The van der Waals surface area contributed by atoms with Gasteiger partial charge in [-0.2, -0.15) is 0 Å². The summed E-state index contributed by atoms with van der Waals surface area (Å²) in [6, 6.07) is 4.98. The van der Waals surface area contributed by atoms with Gasteiger partial charge in [0.25, 0.3) is 5.91 Å². The van der Waals surface area contributed by atoms with Crippen LogP contribution in [0.5, 0.6) is 5.75 Å². The predicted octanol–water partition coefficient (Wildman–Crippen LogP) is 2.34. The van der Waals surface area contributed by atoms with Gasteiger partial charge in [0.1, 0.15) is 17.3 Å². The van der Waals surface area contributed by atoms with Crippen LogP contribution < -0.4 is 10.1 Å². The number of carbonyl (C=O) groups excluding carboxylic acids is 1. The van der Waals surface area contributed by atoms with E-state index in [1.54, 1.807) is 0 Å². The topological polar surface area (TPSA) is 102 Å². The number of nitrogens with one attached hydrogen (secondary N) is 1. The van der Waals surface area contributed by atoms with Crippen molar-refractivity contribution >= 4 is 11.9 Å². The lowest BCUT2D eigenvalue weighted by molar-refractivity contribution is -0.144. The molecule has 1 heterocycles. The van der Waals surface area contributed by atoms with Crippen LogP contribution in [-0.4, -0.2) is 34.8 Å². The van der Waals surface area contributed by atoms with Crippen molar-refractivity contribution in [2.45, 2.75) is 38.2 Å². The Morgan fingerprint density at radius 2 is 1.96 bits per heavy atom. The van der Waals surface area contributed by atoms with E-state index in [1.165, 1.54) is 12.1 Å². The number of fused-ring (bicyclic) bond motifs is 1. The fourth-order valence-electron chi connectivity index (χ4n) is 2.87. The maximum Gasteiger partial charge on any atom is 0.346 e. The highest BCUT2D eigenvalue weighted by molar-refractivity contribution is 5.94. The summed E-state index contributed by atoms with van der Waals surface area (Å²) < 4.78 is 23.5. The molecule has 0 radical (unpaired) electrons. The first-order valence-electron chi connectivity index (χ1n) is 8.45. The SMILES string of the molecule is O=C(NCC(Oc1ccc(F)cc1)C(=O)O)c1noc2c1CCCCC2. The number of carbonyl (C=O) groups is 2. The highest BCUT2D eigenvalue weighted by Crippen LogP contribution is 2.23. The van der Waals surface area contributed by atoms with E-state index in [0.717, 1.165) is 55.6 Å². The summed E-state index contributed by atoms with van der Waals surface area (Å²) in [4.78, 5) is 23.7. The number of hydrogen-bond acceptors (Lipinski definition) is 5. The lowest BCUT2D eigenvalue weighted by Crippen LogP contribution is -2.40. The van der Waals surface area contributed by atoms with Crippen LogP contribution in [0.4, 0.5) is 4.39 Å². The van der Waals surface area contributed by atoms with Crippen LogP contribution in [0, 0.1) is 5.82 Å². The number of halogens is 1. The zero-order chi connectivity index (χ0) is 18.5. The second kappa shape index (κ2) is 7.99. The van der Waals surface area contributed by atoms with Crippen molar-refractivity contribution in [3.63, 3.8) is 0 Å². The first kappa shape index (κ1) is 17.9. The minimum absolute atomic E-state index is 0.198. The molecule has 2 N–H and O–H groups in total. The Labute approximate surface area is 149 Å². The molecule has 0 spiro atoms. The molecule has 138 valence electrons. The summed E-state index contributed by atoms with van der Waals surface area (Å²) in [5.41, 5.74) is 0.999. The molecule has 8 heteroatoms. The van der Waals surface area contributed by atoms with Gasteiger partial charge in [-0.15, -0.1) is 0 Å². The van der Waals surface area contributed by atoms with Crippen LogP contribution in [0.3, 0.4) is 0 Å². The predicted molar refractivity (Wildman–Crippen MR) is 88.5 cm³/mol. The molecule has 1 unspecified atom stereocenters. The lowest BCUT2D eigenvalue weighted by Gasteiger charge is -2.15. The van der Waals surface area contributed by atoms with E-state index < -0.39 is 23.8 Å². The molecule has 0 aliphatic heterocycles. The number of carboxylic acids is 1. The molecule has 1 aromatic carbocycles. The Balaban J connectivity index is 1.64. The molecule has 0 saturated heterocycles. The van der Waals surface area contributed by atoms with Gasteiger partial charge in [-0.05, 0) is 43.5 Å². The average molecular weight is 362 g/mol. The Kier molecular flexibility index (Phi) is 5.50. The fraction of sp³-hybridized carbons (Fsp3) is 0.389. The first-order chi connectivity index (χ1) is 12.5. The minimum Gasteiger partial charge on any atom is -0.478 e. The van der Waals surface area contributed by atoms with Crippen molar-refractivity contribution < 1.29 is 28.3 Å². The number of benzene rings is 1. The molecule has 0 bridgehead atoms. The summed E-state index contributed by atoms with van der Waals surface area (Å²) in [6.45, 7) is -0.257. The smallest absolute Gasteiger partial charge is 0.346 e. The number of ether oxygens (including phenoxy) is 1. The molecule has 1 amide bonds. The molecule has 0 saturated carbocycles. The van der Waals surface area contributed by atoms with E-state index in [9.17, 15) is 19.1 Å². The molecule has 1 atom stereocenters. The number of hydrogen-bond donors (Lipinski definition) is 2. The van der Waals surface area contributed by atoms with Gasteiger partial charge in [0.15, 0.2) is 5.69 Å². The molecular weight excluding hydrogens is 343 g/mol. The van der Waals surface area contributed by atoms with Gasteiger partial charge in [-0.1, -0.05) is 11.6 Å². The molecule has 26 heavy (non-hydrogen) atoms. The van der Waals surface area contributed by atoms with Crippen molar-refractivity contribution in [3.8, 4) is 5.75 Å². The maximum atomic E-state index is 12.9. The van der Waals surface area contributed by atoms with Crippen molar-refractivity contribution in [2.75, 3.05) is 6.54 Å². The highest BCUT2D eigenvalue weighted by Gasteiger charge is 2.25. The normalized spacial score (nSPS) is 14.8. The molecule has 1 aliphatic carbocycles. The average Bonchev–Trinajstić information content (AvgIpc) is 2.88. The Bertz CT molecular complexity index is 787. The standard InChI is InChI=1S/C18H19FN2O5/c19-11-6-8-12(9-7-11)25-15(18(23)24)10-20-17(22)16-13-4-2-1-3-5-14(13)26-21-16/h6-9,15H,1-5,10H2,(H,20,22)(H,23,24). The second-order valence-corrected chi connectivity index (χ2v) is 6.10. The monoisotopic (exact) mass is 362 g/mol. The zero-order valence-electron chi connectivity index (χ0n) is 14.0. The van der Waals surface area contributed by atoms with Crippen molar-refractivity contribution in [3.05, 3.63) is 47.1 Å². The third kappa shape index (κ3) is 4.19. The Morgan fingerprint density at radius 3 is 2.69 bits per heavy atom.